The Morgan fingerprint density at radius 1 is 1.10 bits per heavy atom. The van der Waals surface area contributed by atoms with Crippen molar-refractivity contribution in [2.24, 2.45) is 5.92 Å². The Hall–Kier alpha value is -3.08. The first-order valence-electron chi connectivity index (χ1n) is 9.68. The van der Waals surface area contributed by atoms with Crippen LogP contribution in [0.25, 0.3) is 5.57 Å². The summed E-state index contributed by atoms with van der Waals surface area (Å²) in [5, 5.41) is 0. The second-order valence-electron chi connectivity index (χ2n) is 7.09. The third-order valence-corrected chi connectivity index (χ3v) is 5.23. The number of ketones is 1. The minimum atomic E-state index is -0.850. The summed E-state index contributed by atoms with van der Waals surface area (Å²) in [5.41, 5.74) is 3.63. The number of carbonyl (C=O) groups is 2. The number of rotatable bonds is 6. The van der Waals surface area contributed by atoms with Crippen LogP contribution in [0.4, 0.5) is 0 Å². The minimum Gasteiger partial charge on any atom is -0.497 e. The molecule has 0 heterocycles. The first-order chi connectivity index (χ1) is 14.0. The number of aryl methyl sites for hydroxylation is 1. The van der Waals surface area contributed by atoms with Crippen LogP contribution in [0, 0.1) is 12.8 Å². The van der Waals surface area contributed by atoms with E-state index >= 15 is 0 Å². The zero-order valence-corrected chi connectivity index (χ0v) is 17.2. The van der Waals surface area contributed by atoms with E-state index < -0.39 is 11.9 Å². The lowest BCUT2D eigenvalue weighted by atomic mass is 9.73. The molecule has 152 valence electrons. The van der Waals surface area contributed by atoms with Crippen molar-refractivity contribution in [1.82, 2.24) is 0 Å². The van der Waals surface area contributed by atoms with Crippen molar-refractivity contribution < 1.29 is 23.8 Å². The predicted octanol–water partition coefficient (Wildman–Crippen LogP) is 4.33. The van der Waals surface area contributed by atoms with Crippen molar-refractivity contribution in [3.05, 3.63) is 65.2 Å². The predicted molar refractivity (Wildman–Crippen MR) is 111 cm³/mol. The van der Waals surface area contributed by atoms with Crippen LogP contribution in [-0.2, 0) is 14.3 Å². The number of benzene rings is 2. The molecular formula is C24H26O5. The van der Waals surface area contributed by atoms with Crippen LogP contribution in [0.2, 0.25) is 0 Å². The van der Waals surface area contributed by atoms with Gasteiger partial charge >= 0.3 is 5.97 Å². The third-order valence-electron chi connectivity index (χ3n) is 5.23. The van der Waals surface area contributed by atoms with E-state index in [2.05, 4.69) is 0 Å². The van der Waals surface area contributed by atoms with Gasteiger partial charge in [-0.25, -0.2) is 0 Å². The molecule has 3 rings (SSSR count). The zero-order valence-electron chi connectivity index (χ0n) is 17.2. The number of hydrogen-bond acceptors (Lipinski definition) is 5. The van der Waals surface area contributed by atoms with Crippen molar-refractivity contribution in [2.45, 2.75) is 26.2 Å². The van der Waals surface area contributed by atoms with Crippen LogP contribution in [-0.4, -0.2) is 32.6 Å². The fraction of sp³-hybridized carbons (Fsp3) is 0.333. The van der Waals surface area contributed by atoms with Crippen LogP contribution < -0.4 is 9.47 Å². The molecule has 0 saturated heterocycles. The molecule has 2 aromatic carbocycles. The average Bonchev–Trinajstić information content (AvgIpc) is 2.72. The molecule has 29 heavy (non-hydrogen) atoms. The summed E-state index contributed by atoms with van der Waals surface area (Å²) in [6.45, 7) is 3.98. The van der Waals surface area contributed by atoms with Crippen molar-refractivity contribution in [1.29, 1.82) is 0 Å². The summed E-state index contributed by atoms with van der Waals surface area (Å²) in [4.78, 5) is 25.7. The summed E-state index contributed by atoms with van der Waals surface area (Å²) >= 11 is 0. The fourth-order valence-electron chi connectivity index (χ4n) is 3.85. The van der Waals surface area contributed by atoms with E-state index in [9.17, 15) is 9.59 Å². The molecule has 1 aliphatic rings. The van der Waals surface area contributed by atoms with Crippen LogP contribution >= 0.6 is 0 Å². The third kappa shape index (κ3) is 4.34. The van der Waals surface area contributed by atoms with Gasteiger partial charge < -0.3 is 14.2 Å². The molecule has 0 bridgehead atoms. The normalized spacial score (nSPS) is 18.8. The number of methoxy groups -OCH3 is 2. The Morgan fingerprint density at radius 3 is 2.55 bits per heavy atom. The maximum absolute atomic E-state index is 13.1. The average molecular weight is 394 g/mol. The van der Waals surface area contributed by atoms with Crippen molar-refractivity contribution >= 4 is 17.3 Å². The van der Waals surface area contributed by atoms with Crippen molar-refractivity contribution in [3.8, 4) is 11.5 Å². The maximum atomic E-state index is 13.1. The summed E-state index contributed by atoms with van der Waals surface area (Å²) in [6, 6.07) is 13.4. The fourth-order valence-corrected chi connectivity index (χ4v) is 3.85. The lowest BCUT2D eigenvalue weighted by molar-refractivity contribution is -0.151. The summed E-state index contributed by atoms with van der Waals surface area (Å²) in [5.74, 6) is -0.552. The lowest BCUT2D eigenvalue weighted by Gasteiger charge is -2.30. The zero-order chi connectivity index (χ0) is 21.0. The number of esters is 1. The van der Waals surface area contributed by atoms with E-state index in [1.807, 2.05) is 49.4 Å². The topological polar surface area (TPSA) is 61.8 Å². The van der Waals surface area contributed by atoms with Gasteiger partial charge in [0, 0.05) is 11.5 Å². The number of allylic oxidation sites excluding steroid dienone is 2. The Labute approximate surface area is 171 Å². The Kier molecular flexibility index (Phi) is 6.37. The molecule has 0 saturated carbocycles. The summed E-state index contributed by atoms with van der Waals surface area (Å²) < 4.78 is 16.1. The van der Waals surface area contributed by atoms with Gasteiger partial charge in [0.15, 0.2) is 5.78 Å². The molecule has 0 unspecified atom stereocenters. The van der Waals surface area contributed by atoms with E-state index in [1.165, 1.54) is 0 Å². The van der Waals surface area contributed by atoms with Gasteiger partial charge in [0.25, 0.3) is 0 Å². The van der Waals surface area contributed by atoms with Gasteiger partial charge in [-0.3, -0.25) is 9.59 Å². The molecule has 5 heteroatoms. The van der Waals surface area contributed by atoms with E-state index in [4.69, 9.17) is 14.2 Å². The van der Waals surface area contributed by atoms with E-state index in [1.54, 1.807) is 27.2 Å². The molecule has 0 N–H and O–H groups in total. The SMILES string of the molecule is CCOC(=O)[C@H]1C(=O)C=C(c2cc(OC)ccc2OC)C[C@H]1c1cccc(C)c1. The number of ether oxygens (including phenoxy) is 3. The highest BCUT2D eigenvalue weighted by Gasteiger charge is 2.40. The highest BCUT2D eigenvalue weighted by Crippen LogP contribution is 2.43. The molecule has 2 aromatic rings. The standard InChI is InChI=1S/C24H26O5/c1-5-29-24(26)23-20(16-8-6-7-15(2)11-16)12-17(13-21(23)25)19-14-18(27-3)9-10-22(19)28-4/h6-11,13-14,20,23H,5,12H2,1-4H3/t20-,23+/m0/s1. The first-order valence-corrected chi connectivity index (χ1v) is 9.68. The largest absolute Gasteiger partial charge is 0.497 e. The van der Waals surface area contributed by atoms with Crippen LogP contribution in [0.15, 0.2) is 48.5 Å². The van der Waals surface area contributed by atoms with Crippen LogP contribution in [0.3, 0.4) is 0 Å². The van der Waals surface area contributed by atoms with E-state index in [0.29, 0.717) is 17.9 Å². The van der Waals surface area contributed by atoms with E-state index in [-0.39, 0.29) is 18.3 Å². The minimum absolute atomic E-state index is 0.240. The quantitative estimate of drug-likeness (QED) is 0.539. The molecular weight excluding hydrogens is 368 g/mol. The van der Waals surface area contributed by atoms with Gasteiger partial charge in [0.05, 0.1) is 20.8 Å². The smallest absolute Gasteiger partial charge is 0.317 e. The molecule has 1 aliphatic carbocycles. The molecule has 0 spiro atoms. The molecule has 0 aromatic heterocycles. The lowest BCUT2D eigenvalue weighted by Crippen LogP contribution is -2.34. The van der Waals surface area contributed by atoms with Gasteiger partial charge in [0.1, 0.15) is 17.4 Å². The Bertz CT molecular complexity index is 944. The highest BCUT2D eigenvalue weighted by molar-refractivity contribution is 6.11. The maximum Gasteiger partial charge on any atom is 0.317 e. The Morgan fingerprint density at radius 2 is 1.90 bits per heavy atom. The molecule has 2 atom stereocenters. The number of carbonyl (C=O) groups excluding carboxylic acids is 2. The van der Waals surface area contributed by atoms with Crippen molar-refractivity contribution in [2.75, 3.05) is 20.8 Å². The van der Waals surface area contributed by atoms with Gasteiger partial charge in [-0.05, 0) is 55.7 Å². The van der Waals surface area contributed by atoms with Gasteiger partial charge in [-0.1, -0.05) is 29.8 Å². The summed E-state index contributed by atoms with van der Waals surface area (Å²) in [7, 11) is 3.19. The molecule has 0 radical (unpaired) electrons. The molecule has 0 aliphatic heterocycles. The monoisotopic (exact) mass is 394 g/mol. The van der Waals surface area contributed by atoms with Gasteiger partial charge in [-0.2, -0.15) is 0 Å². The molecule has 0 fully saturated rings. The molecule has 0 amide bonds. The molecule has 5 nitrogen and oxygen atoms in total. The van der Waals surface area contributed by atoms with Crippen molar-refractivity contribution in [3.63, 3.8) is 0 Å². The second-order valence-corrected chi connectivity index (χ2v) is 7.09. The second kappa shape index (κ2) is 8.95. The van der Waals surface area contributed by atoms with E-state index in [0.717, 1.165) is 22.3 Å². The number of hydrogen-bond donors (Lipinski definition) is 0. The Balaban J connectivity index is 2.09. The van der Waals surface area contributed by atoms with Crippen LogP contribution in [0.5, 0.6) is 11.5 Å². The van der Waals surface area contributed by atoms with Gasteiger partial charge in [0.2, 0.25) is 0 Å². The van der Waals surface area contributed by atoms with Crippen LogP contribution in [0.1, 0.15) is 36.0 Å². The summed E-state index contributed by atoms with van der Waals surface area (Å²) in [6.07, 6.45) is 2.06. The first kappa shape index (κ1) is 20.6. The highest BCUT2D eigenvalue weighted by atomic mass is 16.5. The van der Waals surface area contributed by atoms with Gasteiger partial charge in [-0.15, -0.1) is 0 Å².